The van der Waals surface area contributed by atoms with E-state index in [4.69, 9.17) is 19.6 Å². The third-order valence-electron chi connectivity index (χ3n) is 1.79. The third-order valence-corrected chi connectivity index (χ3v) is 1.79. The average Bonchev–Trinajstić information content (AvgIpc) is 2.31. The van der Waals surface area contributed by atoms with E-state index >= 15 is 0 Å². The largest absolute Gasteiger partial charge is 0.237 e. The average molecular weight is 292 g/mol. The first-order valence-electron chi connectivity index (χ1n) is 7.73. The van der Waals surface area contributed by atoms with Crippen molar-refractivity contribution in [2.24, 2.45) is 0 Å². The van der Waals surface area contributed by atoms with Gasteiger partial charge in [0.05, 0.1) is 24.4 Å². The highest BCUT2D eigenvalue weighted by molar-refractivity contribution is 4.58. The highest BCUT2D eigenvalue weighted by atomic mass is 17.2. The van der Waals surface area contributed by atoms with Crippen molar-refractivity contribution in [3.8, 4) is 0 Å². The van der Waals surface area contributed by atoms with Crippen LogP contribution in [0.5, 0.6) is 0 Å². The fourth-order valence-electron chi connectivity index (χ4n) is 0.774. The lowest BCUT2D eigenvalue weighted by Crippen LogP contribution is -2.27. The van der Waals surface area contributed by atoms with E-state index in [-0.39, 0.29) is 11.2 Å². The molecule has 0 aliphatic heterocycles. The molecule has 20 heavy (non-hydrogen) atoms. The summed E-state index contributed by atoms with van der Waals surface area (Å²) >= 11 is 0. The van der Waals surface area contributed by atoms with E-state index in [9.17, 15) is 0 Å². The molecule has 0 saturated heterocycles. The van der Waals surface area contributed by atoms with E-state index < -0.39 is 0 Å². The van der Waals surface area contributed by atoms with E-state index in [1.54, 1.807) is 0 Å². The number of hydrogen-bond acceptors (Lipinski definition) is 4. The maximum Gasteiger partial charge on any atom is 0.0952 e. The lowest BCUT2D eigenvalue weighted by molar-refractivity contribution is -0.393. The van der Waals surface area contributed by atoms with Gasteiger partial charge in [-0.1, -0.05) is 26.7 Å². The minimum atomic E-state index is -0.215. The minimum absolute atomic E-state index is 0.215. The molecule has 0 aromatic carbocycles. The molecule has 0 spiro atoms. The molecule has 0 amide bonds. The number of hydrogen-bond donors (Lipinski definition) is 0. The number of unbranched alkanes of at least 4 members (excludes halogenated alkanes) is 2. The molecule has 0 aliphatic rings. The second-order valence-corrected chi connectivity index (χ2v) is 6.74. The van der Waals surface area contributed by atoms with Crippen molar-refractivity contribution in [3.05, 3.63) is 0 Å². The summed E-state index contributed by atoms with van der Waals surface area (Å²) in [6.45, 7) is 17.5. The van der Waals surface area contributed by atoms with Crippen LogP contribution in [-0.2, 0) is 19.6 Å². The summed E-state index contributed by atoms with van der Waals surface area (Å²) < 4.78 is 0. The maximum absolute atomic E-state index is 5.09. The molecule has 124 valence electrons. The molecule has 4 nitrogen and oxygen atoms in total. The second kappa shape index (κ2) is 12.6. The van der Waals surface area contributed by atoms with Crippen LogP contribution in [0.1, 0.15) is 81.1 Å². The minimum Gasteiger partial charge on any atom is -0.237 e. The van der Waals surface area contributed by atoms with Gasteiger partial charge in [0.1, 0.15) is 0 Å². The Hall–Kier alpha value is -0.160. The first kappa shape index (κ1) is 22.1. The summed E-state index contributed by atoms with van der Waals surface area (Å²) in [6, 6.07) is 0. The fourth-order valence-corrected chi connectivity index (χ4v) is 0.774. The molecule has 0 saturated carbocycles. The molecule has 0 aromatic rings. The fraction of sp³-hybridized carbons (Fsp3) is 1.00. The maximum atomic E-state index is 5.09. The highest BCUT2D eigenvalue weighted by Gasteiger charge is 2.18. The molecule has 0 N–H and O–H groups in total. The molecule has 0 bridgehead atoms. The molecule has 0 rings (SSSR count). The van der Waals surface area contributed by atoms with Crippen LogP contribution in [0.25, 0.3) is 0 Å². The van der Waals surface area contributed by atoms with Crippen LogP contribution in [0.2, 0.25) is 0 Å². The van der Waals surface area contributed by atoms with Crippen LogP contribution in [0.4, 0.5) is 0 Å². The zero-order chi connectivity index (χ0) is 16.1. The Kier molecular flexibility index (Phi) is 13.9. The van der Waals surface area contributed by atoms with E-state index in [1.165, 1.54) is 0 Å². The Balaban J connectivity index is 0. The van der Waals surface area contributed by atoms with Crippen molar-refractivity contribution in [2.75, 3.05) is 13.2 Å². The summed E-state index contributed by atoms with van der Waals surface area (Å²) in [6.07, 6.45) is 4.51. The normalized spacial score (nSPS) is 12.0. The molecule has 4 heteroatoms. The Morgan fingerprint density at radius 3 is 1.10 bits per heavy atom. The smallest absolute Gasteiger partial charge is 0.0952 e. The quantitative estimate of drug-likeness (QED) is 0.356. The van der Waals surface area contributed by atoms with Crippen LogP contribution >= 0.6 is 0 Å². The van der Waals surface area contributed by atoms with Gasteiger partial charge in [-0.25, -0.2) is 19.6 Å². The highest BCUT2D eigenvalue weighted by Crippen LogP contribution is 2.14. The van der Waals surface area contributed by atoms with Gasteiger partial charge in [0.2, 0.25) is 0 Å². The molecular weight excluding hydrogens is 256 g/mol. The lowest BCUT2D eigenvalue weighted by atomic mass is 10.2. The van der Waals surface area contributed by atoms with Gasteiger partial charge in [-0.15, -0.1) is 0 Å². The van der Waals surface area contributed by atoms with Crippen LogP contribution in [0.15, 0.2) is 0 Å². The van der Waals surface area contributed by atoms with Gasteiger partial charge in [0, 0.05) is 0 Å². The SMILES string of the molecule is CC(C)(C)OOC(C)(C)C.CCCCOOCCCC. The molecule has 0 radical (unpaired) electrons. The van der Waals surface area contributed by atoms with E-state index in [0.717, 1.165) is 38.9 Å². The van der Waals surface area contributed by atoms with Crippen molar-refractivity contribution in [1.82, 2.24) is 0 Å². The summed E-state index contributed by atoms with van der Waals surface area (Å²) in [5.41, 5.74) is -0.430. The Morgan fingerprint density at radius 1 is 0.600 bits per heavy atom. The molecular formula is C16H36O4. The van der Waals surface area contributed by atoms with Gasteiger partial charge < -0.3 is 0 Å². The van der Waals surface area contributed by atoms with Gasteiger partial charge >= 0.3 is 0 Å². The molecule has 0 aromatic heterocycles. The van der Waals surface area contributed by atoms with Crippen molar-refractivity contribution in [2.45, 2.75) is 92.3 Å². The second-order valence-electron chi connectivity index (χ2n) is 6.74. The van der Waals surface area contributed by atoms with Crippen LogP contribution < -0.4 is 0 Å². The van der Waals surface area contributed by atoms with Crippen molar-refractivity contribution in [3.63, 3.8) is 0 Å². The van der Waals surface area contributed by atoms with Crippen LogP contribution in [0, 0.1) is 0 Å². The number of rotatable bonds is 8. The molecule has 0 unspecified atom stereocenters. The Labute approximate surface area is 126 Å². The monoisotopic (exact) mass is 292 g/mol. The predicted molar refractivity (Wildman–Crippen MR) is 83.4 cm³/mol. The Bertz CT molecular complexity index is 170. The molecule has 0 heterocycles. The van der Waals surface area contributed by atoms with E-state index in [1.807, 2.05) is 41.5 Å². The van der Waals surface area contributed by atoms with E-state index in [0.29, 0.717) is 0 Å². The van der Waals surface area contributed by atoms with Crippen molar-refractivity contribution in [1.29, 1.82) is 0 Å². The van der Waals surface area contributed by atoms with E-state index in [2.05, 4.69) is 13.8 Å². The van der Waals surface area contributed by atoms with Crippen LogP contribution in [0.3, 0.4) is 0 Å². The Morgan fingerprint density at radius 2 is 0.900 bits per heavy atom. The lowest BCUT2D eigenvalue weighted by Gasteiger charge is -2.24. The standard InChI is InChI=1S/2C8H18O2/c1-7(2,3)9-10-8(4,5)6;1-3-5-7-9-10-8-6-4-2/h1-6H3;3-8H2,1-2H3. The molecule has 0 atom stereocenters. The summed E-state index contributed by atoms with van der Waals surface area (Å²) in [4.78, 5) is 19.9. The summed E-state index contributed by atoms with van der Waals surface area (Å²) in [7, 11) is 0. The van der Waals surface area contributed by atoms with Gasteiger partial charge in [-0.05, 0) is 54.4 Å². The predicted octanol–water partition coefficient (Wildman–Crippen LogP) is 5.07. The third kappa shape index (κ3) is 26.4. The summed E-state index contributed by atoms with van der Waals surface area (Å²) in [5.74, 6) is 0. The first-order valence-corrected chi connectivity index (χ1v) is 7.73. The topological polar surface area (TPSA) is 36.9 Å². The zero-order valence-corrected chi connectivity index (χ0v) is 14.9. The van der Waals surface area contributed by atoms with Crippen LogP contribution in [-0.4, -0.2) is 24.4 Å². The molecule has 0 fully saturated rings. The zero-order valence-electron chi connectivity index (χ0n) is 14.9. The first-order chi connectivity index (χ1) is 9.12. The van der Waals surface area contributed by atoms with Gasteiger partial charge in [0.25, 0.3) is 0 Å². The van der Waals surface area contributed by atoms with Crippen molar-refractivity contribution >= 4 is 0 Å². The van der Waals surface area contributed by atoms with Gasteiger partial charge in [-0.2, -0.15) is 0 Å². The van der Waals surface area contributed by atoms with Gasteiger partial charge in [-0.3, -0.25) is 0 Å². The molecule has 0 aliphatic carbocycles. The van der Waals surface area contributed by atoms with Crippen molar-refractivity contribution < 1.29 is 19.6 Å². The summed E-state index contributed by atoms with van der Waals surface area (Å²) in [5, 5.41) is 0. The van der Waals surface area contributed by atoms with Gasteiger partial charge in [0.15, 0.2) is 0 Å².